The van der Waals surface area contributed by atoms with Crippen molar-refractivity contribution in [1.82, 2.24) is 4.72 Å². The normalized spacial score (nSPS) is 11.9. The van der Waals surface area contributed by atoms with Crippen molar-refractivity contribution in [3.05, 3.63) is 0 Å². The zero-order chi connectivity index (χ0) is 12.3. The van der Waals surface area contributed by atoms with Gasteiger partial charge in [0, 0.05) is 32.7 Å². The van der Waals surface area contributed by atoms with Gasteiger partial charge in [0.15, 0.2) is 0 Å². The smallest absolute Gasteiger partial charge is 0.211 e. The average Bonchev–Trinajstić information content (AvgIpc) is 2.23. The van der Waals surface area contributed by atoms with Crippen LogP contribution in [0.5, 0.6) is 0 Å². The summed E-state index contributed by atoms with van der Waals surface area (Å²) >= 11 is 5.41. The molecule has 0 aliphatic rings. The number of sulfonamides is 1. The molecule has 0 fully saturated rings. The first kappa shape index (κ1) is 16.1. The van der Waals surface area contributed by atoms with E-state index in [1.807, 2.05) is 0 Å². The van der Waals surface area contributed by atoms with E-state index in [0.29, 0.717) is 45.1 Å². The van der Waals surface area contributed by atoms with Crippen molar-refractivity contribution >= 4 is 21.6 Å². The number of hydrogen-bond acceptors (Lipinski definition) is 4. The molecule has 0 atom stereocenters. The van der Waals surface area contributed by atoms with Gasteiger partial charge in [0.1, 0.15) is 0 Å². The monoisotopic (exact) mass is 273 g/mol. The van der Waals surface area contributed by atoms with Crippen molar-refractivity contribution in [2.45, 2.75) is 12.8 Å². The summed E-state index contributed by atoms with van der Waals surface area (Å²) in [7, 11) is -1.61. The van der Waals surface area contributed by atoms with Crippen molar-refractivity contribution in [3.8, 4) is 0 Å². The maximum Gasteiger partial charge on any atom is 0.211 e. The predicted octanol–water partition coefficient (Wildman–Crippen LogP) is 0.588. The molecule has 0 aromatic rings. The van der Waals surface area contributed by atoms with E-state index in [4.69, 9.17) is 21.1 Å². The first-order valence-electron chi connectivity index (χ1n) is 5.22. The summed E-state index contributed by atoms with van der Waals surface area (Å²) in [5, 5.41) is 0. The molecule has 0 spiro atoms. The molecule has 0 unspecified atom stereocenters. The van der Waals surface area contributed by atoms with Crippen LogP contribution in [-0.4, -0.2) is 53.5 Å². The zero-order valence-electron chi connectivity index (χ0n) is 9.58. The standard InChI is InChI=1S/C9H20ClNO4S/c1-14-6-3-9-16(12,13)11-5-2-7-15-8-4-10/h11H,2-9H2,1H3. The highest BCUT2D eigenvalue weighted by Crippen LogP contribution is 1.91. The van der Waals surface area contributed by atoms with Crippen molar-refractivity contribution in [1.29, 1.82) is 0 Å². The topological polar surface area (TPSA) is 64.6 Å². The summed E-state index contributed by atoms with van der Waals surface area (Å²) < 4.78 is 35.1. The molecule has 5 nitrogen and oxygen atoms in total. The fourth-order valence-electron chi connectivity index (χ4n) is 1.02. The third-order valence-corrected chi connectivity index (χ3v) is 3.39. The molecule has 0 aliphatic carbocycles. The molecule has 0 saturated carbocycles. The molecular weight excluding hydrogens is 254 g/mol. The summed E-state index contributed by atoms with van der Waals surface area (Å²) in [6.45, 7) is 1.88. The van der Waals surface area contributed by atoms with Gasteiger partial charge < -0.3 is 9.47 Å². The lowest BCUT2D eigenvalue weighted by Gasteiger charge is -2.06. The van der Waals surface area contributed by atoms with Crippen LogP contribution in [0.15, 0.2) is 0 Å². The Hall–Kier alpha value is 0.120. The summed E-state index contributed by atoms with van der Waals surface area (Å²) in [6, 6.07) is 0. The van der Waals surface area contributed by atoms with Gasteiger partial charge in [-0.1, -0.05) is 0 Å². The number of methoxy groups -OCH3 is 1. The lowest BCUT2D eigenvalue weighted by atomic mass is 10.5. The van der Waals surface area contributed by atoms with E-state index in [-0.39, 0.29) is 5.75 Å². The van der Waals surface area contributed by atoms with Crippen molar-refractivity contribution < 1.29 is 17.9 Å². The maximum atomic E-state index is 11.4. The second kappa shape index (κ2) is 10.3. The molecule has 0 saturated heterocycles. The SMILES string of the molecule is COCCCS(=O)(=O)NCCCOCCCl. The summed E-state index contributed by atoms with van der Waals surface area (Å²) in [6.07, 6.45) is 1.16. The van der Waals surface area contributed by atoms with Gasteiger partial charge in [-0.25, -0.2) is 13.1 Å². The van der Waals surface area contributed by atoms with E-state index < -0.39 is 10.0 Å². The molecule has 0 amide bonds. The molecule has 0 radical (unpaired) electrons. The lowest BCUT2D eigenvalue weighted by molar-refractivity contribution is 0.147. The minimum atomic E-state index is -3.16. The molecule has 0 aromatic heterocycles. The highest BCUT2D eigenvalue weighted by molar-refractivity contribution is 7.89. The zero-order valence-corrected chi connectivity index (χ0v) is 11.1. The first-order valence-corrected chi connectivity index (χ1v) is 7.41. The number of alkyl halides is 1. The fourth-order valence-corrected chi connectivity index (χ4v) is 2.23. The highest BCUT2D eigenvalue weighted by atomic mass is 35.5. The van der Waals surface area contributed by atoms with Crippen LogP contribution >= 0.6 is 11.6 Å². The Morgan fingerprint density at radius 2 is 1.94 bits per heavy atom. The van der Waals surface area contributed by atoms with Crippen molar-refractivity contribution in [2.24, 2.45) is 0 Å². The molecule has 1 N–H and O–H groups in total. The van der Waals surface area contributed by atoms with E-state index >= 15 is 0 Å². The third-order valence-electron chi connectivity index (χ3n) is 1.77. The molecule has 0 aromatic carbocycles. The predicted molar refractivity (Wildman–Crippen MR) is 64.4 cm³/mol. The molecule has 0 bridgehead atoms. The fraction of sp³-hybridized carbons (Fsp3) is 1.00. The summed E-state index contributed by atoms with van der Waals surface area (Å²) in [5.74, 6) is 0.562. The molecule has 16 heavy (non-hydrogen) atoms. The van der Waals surface area contributed by atoms with Crippen LogP contribution in [0.2, 0.25) is 0 Å². The van der Waals surface area contributed by atoms with Gasteiger partial charge in [0.2, 0.25) is 10.0 Å². The minimum absolute atomic E-state index is 0.101. The van der Waals surface area contributed by atoms with Gasteiger partial charge in [0.25, 0.3) is 0 Å². The first-order chi connectivity index (χ1) is 7.62. The Morgan fingerprint density at radius 1 is 1.19 bits per heavy atom. The van der Waals surface area contributed by atoms with Crippen LogP contribution in [0, 0.1) is 0 Å². The number of halogens is 1. The van der Waals surface area contributed by atoms with Crippen molar-refractivity contribution in [3.63, 3.8) is 0 Å². The van der Waals surface area contributed by atoms with E-state index in [0.717, 1.165) is 0 Å². The van der Waals surface area contributed by atoms with Crippen LogP contribution in [0.1, 0.15) is 12.8 Å². The molecule has 0 heterocycles. The van der Waals surface area contributed by atoms with E-state index in [1.165, 1.54) is 0 Å². The van der Waals surface area contributed by atoms with Gasteiger partial charge in [0.05, 0.1) is 12.4 Å². The molecule has 0 rings (SSSR count). The number of hydrogen-bond donors (Lipinski definition) is 1. The highest BCUT2D eigenvalue weighted by Gasteiger charge is 2.08. The minimum Gasteiger partial charge on any atom is -0.385 e. The molecule has 7 heteroatoms. The van der Waals surface area contributed by atoms with E-state index in [2.05, 4.69) is 4.72 Å². The van der Waals surface area contributed by atoms with E-state index in [9.17, 15) is 8.42 Å². The third kappa shape index (κ3) is 10.6. The Balaban J connectivity index is 3.43. The van der Waals surface area contributed by atoms with Gasteiger partial charge in [-0.2, -0.15) is 0 Å². The quantitative estimate of drug-likeness (QED) is 0.442. The van der Waals surface area contributed by atoms with E-state index in [1.54, 1.807) is 7.11 Å². The van der Waals surface area contributed by atoms with Gasteiger partial charge >= 0.3 is 0 Å². The lowest BCUT2D eigenvalue weighted by Crippen LogP contribution is -2.28. The maximum absolute atomic E-state index is 11.4. The van der Waals surface area contributed by atoms with Crippen molar-refractivity contribution in [2.75, 3.05) is 45.1 Å². The number of ether oxygens (including phenoxy) is 2. The molecular formula is C9H20ClNO4S. The van der Waals surface area contributed by atoms with Gasteiger partial charge in [-0.15, -0.1) is 11.6 Å². The Kier molecular flexibility index (Phi) is 10.4. The summed E-state index contributed by atoms with van der Waals surface area (Å²) in [4.78, 5) is 0. The Morgan fingerprint density at radius 3 is 2.56 bits per heavy atom. The Bertz CT molecular complexity index is 246. The summed E-state index contributed by atoms with van der Waals surface area (Å²) in [5.41, 5.74) is 0. The van der Waals surface area contributed by atoms with Crippen LogP contribution in [-0.2, 0) is 19.5 Å². The van der Waals surface area contributed by atoms with Gasteiger partial charge in [-0.3, -0.25) is 0 Å². The van der Waals surface area contributed by atoms with Crippen LogP contribution < -0.4 is 4.72 Å². The average molecular weight is 274 g/mol. The van der Waals surface area contributed by atoms with Crippen LogP contribution in [0.4, 0.5) is 0 Å². The largest absolute Gasteiger partial charge is 0.385 e. The second-order valence-electron chi connectivity index (χ2n) is 3.21. The Labute approximate surface area is 102 Å². The molecule has 0 aliphatic heterocycles. The number of nitrogens with one attached hydrogen (secondary N) is 1. The second-order valence-corrected chi connectivity index (χ2v) is 5.52. The van der Waals surface area contributed by atoms with Crippen LogP contribution in [0.25, 0.3) is 0 Å². The number of rotatable bonds is 11. The van der Waals surface area contributed by atoms with Crippen LogP contribution in [0.3, 0.4) is 0 Å². The molecule has 98 valence electrons. The van der Waals surface area contributed by atoms with Gasteiger partial charge in [-0.05, 0) is 12.8 Å².